The smallest absolute Gasteiger partial charge is 0.248 e. The molecule has 3 nitrogen and oxygen atoms in total. The Hall–Kier alpha value is -2.55. The lowest BCUT2D eigenvalue weighted by Crippen LogP contribution is -2.10. The standard InChI is InChI=1S/C15H11N2O/c16-15(18)12-5-7-13(8-6-12)17-10-9-11-3-1-2-4-14(11)17/h2-10H,(H2,16,18). The Morgan fingerprint density at radius 1 is 1.11 bits per heavy atom. The van der Waals surface area contributed by atoms with E-state index in [0.717, 1.165) is 16.6 Å². The van der Waals surface area contributed by atoms with Crippen LogP contribution in [0.1, 0.15) is 10.4 Å². The first-order valence-electron chi connectivity index (χ1n) is 5.63. The number of hydrogen-bond acceptors (Lipinski definition) is 1. The van der Waals surface area contributed by atoms with E-state index in [2.05, 4.69) is 10.6 Å². The summed E-state index contributed by atoms with van der Waals surface area (Å²) >= 11 is 0. The predicted molar refractivity (Wildman–Crippen MR) is 70.6 cm³/mol. The van der Waals surface area contributed by atoms with Gasteiger partial charge in [-0.3, -0.25) is 4.79 Å². The maximum atomic E-state index is 11.0. The SMILES string of the molecule is NC(=O)c1ccc(-n2ccc3c[c]ccc32)cc1. The number of carbonyl (C=O) groups is 1. The first-order chi connectivity index (χ1) is 8.75. The highest BCUT2D eigenvalue weighted by Crippen LogP contribution is 2.20. The summed E-state index contributed by atoms with van der Waals surface area (Å²) in [6, 6.07) is 18.2. The Balaban J connectivity index is 2.12. The third-order valence-electron chi connectivity index (χ3n) is 2.96. The van der Waals surface area contributed by atoms with Gasteiger partial charge >= 0.3 is 0 Å². The van der Waals surface area contributed by atoms with Gasteiger partial charge in [0.05, 0.1) is 5.52 Å². The number of carbonyl (C=O) groups excluding carboxylic acids is 1. The lowest BCUT2D eigenvalue weighted by Gasteiger charge is -2.05. The Labute approximate surface area is 104 Å². The summed E-state index contributed by atoms with van der Waals surface area (Å²) < 4.78 is 2.06. The van der Waals surface area contributed by atoms with Crippen molar-refractivity contribution in [3.05, 3.63) is 66.4 Å². The highest BCUT2D eigenvalue weighted by atomic mass is 16.1. The molecule has 0 aliphatic heterocycles. The highest BCUT2D eigenvalue weighted by Gasteiger charge is 2.04. The molecule has 87 valence electrons. The molecule has 0 saturated heterocycles. The van der Waals surface area contributed by atoms with Crippen molar-refractivity contribution < 1.29 is 4.79 Å². The normalized spacial score (nSPS) is 10.7. The van der Waals surface area contributed by atoms with Gasteiger partial charge in [-0.25, -0.2) is 0 Å². The van der Waals surface area contributed by atoms with Crippen molar-refractivity contribution in [3.8, 4) is 5.69 Å². The van der Waals surface area contributed by atoms with Crippen LogP contribution in [0.15, 0.2) is 54.7 Å². The fourth-order valence-corrected chi connectivity index (χ4v) is 2.03. The van der Waals surface area contributed by atoms with Crippen molar-refractivity contribution >= 4 is 16.8 Å². The van der Waals surface area contributed by atoms with Gasteiger partial charge in [0.15, 0.2) is 0 Å². The number of primary amides is 1. The molecular weight excluding hydrogens is 224 g/mol. The molecule has 3 heteroatoms. The van der Waals surface area contributed by atoms with Crippen LogP contribution in [0.5, 0.6) is 0 Å². The van der Waals surface area contributed by atoms with Crippen molar-refractivity contribution in [2.75, 3.05) is 0 Å². The summed E-state index contributed by atoms with van der Waals surface area (Å²) in [6.07, 6.45) is 2.00. The minimum absolute atomic E-state index is 0.409. The van der Waals surface area contributed by atoms with E-state index in [4.69, 9.17) is 5.73 Å². The second-order valence-electron chi connectivity index (χ2n) is 4.08. The minimum Gasteiger partial charge on any atom is -0.366 e. The van der Waals surface area contributed by atoms with Crippen LogP contribution >= 0.6 is 0 Å². The number of nitrogens with zero attached hydrogens (tertiary/aromatic N) is 1. The van der Waals surface area contributed by atoms with E-state index in [1.165, 1.54) is 0 Å². The molecule has 0 atom stereocenters. The van der Waals surface area contributed by atoms with E-state index in [0.29, 0.717) is 5.56 Å². The van der Waals surface area contributed by atoms with Gasteiger partial charge in [0.2, 0.25) is 5.91 Å². The third kappa shape index (κ3) is 1.66. The van der Waals surface area contributed by atoms with E-state index < -0.39 is 5.91 Å². The Morgan fingerprint density at radius 2 is 1.89 bits per heavy atom. The molecule has 1 radical (unpaired) electrons. The zero-order chi connectivity index (χ0) is 12.5. The largest absolute Gasteiger partial charge is 0.366 e. The first kappa shape index (κ1) is 10.6. The highest BCUT2D eigenvalue weighted by molar-refractivity contribution is 5.93. The van der Waals surface area contributed by atoms with Crippen molar-refractivity contribution in [2.24, 2.45) is 5.73 Å². The van der Waals surface area contributed by atoms with Crippen LogP contribution in [0.4, 0.5) is 0 Å². The quantitative estimate of drug-likeness (QED) is 0.729. The lowest BCUT2D eigenvalue weighted by atomic mass is 10.2. The number of rotatable bonds is 2. The molecule has 0 bridgehead atoms. The average molecular weight is 235 g/mol. The van der Waals surface area contributed by atoms with Crippen LogP contribution in [0.3, 0.4) is 0 Å². The summed E-state index contributed by atoms with van der Waals surface area (Å²) in [5.74, 6) is -0.409. The number of fused-ring (bicyclic) bond motifs is 1. The number of aromatic nitrogens is 1. The Morgan fingerprint density at radius 3 is 2.61 bits per heavy atom. The van der Waals surface area contributed by atoms with E-state index in [1.807, 2.05) is 42.6 Å². The number of benzene rings is 2. The zero-order valence-electron chi connectivity index (χ0n) is 9.63. The predicted octanol–water partition coefficient (Wildman–Crippen LogP) is 2.53. The maximum Gasteiger partial charge on any atom is 0.248 e. The molecule has 0 saturated carbocycles. The molecule has 1 amide bonds. The molecule has 3 rings (SSSR count). The van der Waals surface area contributed by atoms with Crippen molar-refractivity contribution in [2.45, 2.75) is 0 Å². The van der Waals surface area contributed by atoms with Gasteiger partial charge in [-0.15, -0.1) is 0 Å². The van der Waals surface area contributed by atoms with Gasteiger partial charge in [0, 0.05) is 22.8 Å². The van der Waals surface area contributed by atoms with Gasteiger partial charge in [-0.2, -0.15) is 0 Å². The number of nitrogens with two attached hydrogens (primary N) is 1. The van der Waals surface area contributed by atoms with Gasteiger partial charge in [-0.05, 0) is 48.5 Å². The molecule has 2 N–H and O–H groups in total. The molecular formula is C15H11N2O. The van der Waals surface area contributed by atoms with Crippen LogP contribution in [0, 0.1) is 6.07 Å². The molecule has 1 heterocycles. The number of hydrogen-bond donors (Lipinski definition) is 1. The second-order valence-corrected chi connectivity index (χ2v) is 4.08. The molecule has 2 aromatic carbocycles. The topological polar surface area (TPSA) is 48.0 Å². The van der Waals surface area contributed by atoms with E-state index in [-0.39, 0.29) is 0 Å². The molecule has 3 aromatic rings. The maximum absolute atomic E-state index is 11.0. The molecule has 0 aliphatic carbocycles. The van der Waals surface area contributed by atoms with Crippen molar-refractivity contribution in [1.29, 1.82) is 0 Å². The molecule has 0 unspecified atom stereocenters. The summed E-state index contributed by atoms with van der Waals surface area (Å²) in [5.41, 5.74) is 7.85. The zero-order valence-corrected chi connectivity index (χ0v) is 9.63. The molecule has 0 spiro atoms. The fourth-order valence-electron chi connectivity index (χ4n) is 2.03. The van der Waals surface area contributed by atoms with Gasteiger partial charge < -0.3 is 10.3 Å². The third-order valence-corrected chi connectivity index (χ3v) is 2.96. The van der Waals surface area contributed by atoms with E-state index >= 15 is 0 Å². The summed E-state index contributed by atoms with van der Waals surface area (Å²) in [4.78, 5) is 11.0. The first-order valence-corrected chi connectivity index (χ1v) is 5.63. The number of amides is 1. The van der Waals surface area contributed by atoms with Crippen LogP contribution < -0.4 is 5.73 Å². The van der Waals surface area contributed by atoms with Crippen LogP contribution in [-0.2, 0) is 0 Å². The second kappa shape index (κ2) is 4.04. The van der Waals surface area contributed by atoms with Crippen LogP contribution in [-0.4, -0.2) is 10.5 Å². The molecule has 18 heavy (non-hydrogen) atoms. The van der Waals surface area contributed by atoms with Gasteiger partial charge in [-0.1, -0.05) is 6.07 Å². The van der Waals surface area contributed by atoms with E-state index in [9.17, 15) is 4.79 Å². The molecule has 1 aromatic heterocycles. The summed E-state index contributed by atoms with van der Waals surface area (Å²) in [5, 5.41) is 1.14. The van der Waals surface area contributed by atoms with Gasteiger partial charge in [0.1, 0.15) is 0 Å². The van der Waals surface area contributed by atoms with E-state index in [1.54, 1.807) is 12.1 Å². The molecule has 0 fully saturated rings. The Bertz CT molecular complexity index is 711. The summed E-state index contributed by atoms with van der Waals surface area (Å²) in [7, 11) is 0. The minimum atomic E-state index is -0.409. The monoisotopic (exact) mass is 235 g/mol. The van der Waals surface area contributed by atoms with Crippen molar-refractivity contribution in [3.63, 3.8) is 0 Å². The average Bonchev–Trinajstić information content (AvgIpc) is 2.82. The summed E-state index contributed by atoms with van der Waals surface area (Å²) in [6.45, 7) is 0. The van der Waals surface area contributed by atoms with Crippen molar-refractivity contribution in [1.82, 2.24) is 4.57 Å². The molecule has 0 aliphatic rings. The fraction of sp³-hybridized carbons (Fsp3) is 0. The van der Waals surface area contributed by atoms with Crippen LogP contribution in [0.2, 0.25) is 0 Å². The lowest BCUT2D eigenvalue weighted by molar-refractivity contribution is 0.100. The van der Waals surface area contributed by atoms with Crippen LogP contribution in [0.25, 0.3) is 16.6 Å². The Kier molecular flexibility index (Phi) is 2.38. The van der Waals surface area contributed by atoms with Gasteiger partial charge in [0.25, 0.3) is 0 Å².